The van der Waals surface area contributed by atoms with Crippen LogP contribution in [-0.2, 0) is 27.8 Å². The van der Waals surface area contributed by atoms with Gasteiger partial charge >= 0.3 is 0 Å². The first-order chi connectivity index (χ1) is 18.4. The average molecular weight is 531 g/mol. The van der Waals surface area contributed by atoms with Crippen LogP contribution in [0.5, 0.6) is 5.75 Å². The topological polar surface area (TPSA) is 55.8 Å². The standard InChI is InChI=1S/C32H38N2O3S/c1-24(21-33(2)3)37-29-17-11-10-12-25(29)20-31(35)34-22-28-30(23-34)38(36)19-18-32(28,26-13-6-4-7-14-26)27-15-8-5-9-16-27/h4-17,24,28,30H,18-23H2,1-3H3/t24?,28-,30+,38-/m1/s1. The van der Waals surface area contributed by atoms with E-state index in [4.69, 9.17) is 4.74 Å². The van der Waals surface area contributed by atoms with E-state index in [0.29, 0.717) is 18.8 Å². The molecule has 6 heteroatoms. The fourth-order valence-corrected chi connectivity index (χ4v) is 8.33. The maximum absolute atomic E-state index is 13.7. The first kappa shape index (κ1) is 26.8. The monoisotopic (exact) mass is 530 g/mol. The molecule has 5 nitrogen and oxygen atoms in total. The van der Waals surface area contributed by atoms with Crippen molar-refractivity contribution in [1.82, 2.24) is 9.80 Å². The van der Waals surface area contributed by atoms with E-state index in [0.717, 1.165) is 24.3 Å². The van der Waals surface area contributed by atoms with Crippen molar-refractivity contribution in [1.29, 1.82) is 0 Å². The molecule has 0 aromatic heterocycles. The third-order valence-electron chi connectivity index (χ3n) is 8.13. The molecule has 5 rings (SSSR count). The fraction of sp³-hybridized carbons (Fsp3) is 0.406. The van der Waals surface area contributed by atoms with Crippen molar-refractivity contribution in [3.63, 3.8) is 0 Å². The summed E-state index contributed by atoms with van der Waals surface area (Å²) in [5.41, 5.74) is 3.14. The van der Waals surface area contributed by atoms with Crippen molar-refractivity contribution in [2.75, 3.05) is 39.5 Å². The quantitative estimate of drug-likeness (QED) is 0.402. The molecule has 0 bridgehead atoms. The Morgan fingerprint density at radius 1 is 1.00 bits per heavy atom. The van der Waals surface area contributed by atoms with Gasteiger partial charge in [0.15, 0.2) is 0 Å². The summed E-state index contributed by atoms with van der Waals surface area (Å²) in [7, 11) is 4.05. The lowest BCUT2D eigenvalue weighted by Gasteiger charge is -2.46. The van der Waals surface area contributed by atoms with E-state index in [1.54, 1.807) is 0 Å². The highest BCUT2D eigenvalue weighted by Crippen LogP contribution is 2.51. The SMILES string of the molecule is CC(CN(C)C)Oc1ccccc1CC(=O)N1C[C@@H]2[C@H](C1)[S@+]([O-])CCC2(c1ccccc1)c1ccccc1. The molecule has 200 valence electrons. The van der Waals surface area contributed by atoms with Gasteiger partial charge in [-0.2, -0.15) is 0 Å². The van der Waals surface area contributed by atoms with Crippen LogP contribution < -0.4 is 4.74 Å². The molecule has 0 saturated carbocycles. The minimum atomic E-state index is -0.965. The van der Waals surface area contributed by atoms with Crippen molar-refractivity contribution in [2.45, 2.75) is 36.5 Å². The molecule has 0 aliphatic carbocycles. The zero-order valence-electron chi connectivity index (χ0n) is 22.6. The molecule has 38 heavy (non-hydrogen) atoms. The van der Waals surface area contributed by atoms with Crippen molar-refractivity contribution in [3.8, 4) is 5.75 Å². The summed E-state index contributed by atoms with van der Waals surface area (Å²) in [6.07, 6.45) is 1.11. The zero-order chi connectivity index (χ0) is 26.7. The number of ether oxygens (including phenoxy) is 1. The predicted molar refractivity (Wildman–Crippen MR) is 154 cm³/mol. The smallest absolute Gasteiger partial charge is 0.227 e. The number of rotatable bonds is 8. The number of carbonyl (C=O) groups excluding carboxylic acids is 1. The Kier molecular flexibility index (Phi) is 8.12. The number of likely N-dealkylation sites (tertiary alicyclic amines) is 1. The summed E-state index contributed by atoms with van der Waals surface area (Å²) in [5.74, 6) is 1.58. The van der Waals surface area contributed by atoms with Crippen molar-refractivity contribution < 1.29 is 14.1 Å². The van der Waals surface area contributed by atoms with Crippen LogP contribution in [0.2, 0.25) is 0 Å². The number of amides is 1. The molecule has 2 saturated heterocycles. The Morgan fingerprint density at radius 3 is 2.24 bits per heavy atom. The Labute approximate surface area is 230 Å². The predicted octanol–water partition coefficient (Wildman–Crippen LogP) is 4.52. The van der Waals surface area contributed by atoms with Gasteiger partial charge in [-0.1, -0.05) is 78.9 Å². The van der Waals surface area contributed by atoms with E-state index in [2.05, 4.69) is 53.4 Å². The third-order valence-corrected chi connectivity index (χ3v) is 9.89. The molecule has 2 fully saturated rings. The second kappa shape index (κ2) is 11.5. The number of fused-ring (bicyclic) bond motifs is 1. The molecule has 0 N–H and O–H groups in total. The summed E-state index contributed by atoms with van der Waals surface area (Å²) in [6.45, 7) is 3.99. The van der Waals surface area contributed by atoms with Crippen LogP contribution in [0.1, 0.15) is 30.0 Å². The second-order valence-electron chi connectivity index (χ2n) is 11.0. The van der Waals surface area contributed by atoms with Crippen molar-refractivity contribution in [2.24, 2.45) is 5.92 Å². The van der Waals surface area contributed by atoms with E-state index in [1.165, 1.54) is 11.1 Å². The number of nitrogens with zero attached hydrogens (tertiary/aromatic N) is 2. The van der Waals surface area contributed by atoms with Crippen LogP contribution in [0, 0.1) is 5.92 Å². The van der Waals surface area contributed by atoms with E-state index >= 15 is 0 Å². The van der Waals surface area contributed by atoms with Gasteiger partial charge in [-0.25, -0.2) is 0 Å². The van der Waals surface area contributed by atoms with Gasteiger partial charge < -0.3 is 19.1 Å². The number of likely N-dealkylation sites (N-methyl/N-ethyl adjacent to an activating group) is 1. The summed E-state index contributed by atoms with van der Waals surface area (Å²) in [4.78, 5) is 17.8. The van der Waals surface area contributed by atoms with Gasteiger partial charge in [0.2, 0.25) is 5.91 Å². The van der Waals surface area contributed by atoms with Crippen LogP contribution in [-0.4, -0.2) is 71.1 Å². The lowest BCUT2D eigenvalue weighted by Crippen LogP contribution is -2.51. The summed E-state index contributed by atoms with van der Waals surface area (Å²) < 4.78 is 19.6. The van der Waals surface area contributed by atoms with Gasteiger partial charge in [0.05, 0.1) is 13.0 Å². The van der Waals surface area contributed by atoms with Crippen LogP contribution in [0.25, 0.3) is 0 Å². The third kappa shape index (κ3) is 5.35. The molecule has 4 atom stereocenters. The molecule has 2 heterocycles. The maximum Gasteiger partial charge on any atom is 0.227 e. The molecule has 1 unspecified atom stereocenters. The number of carbonyl (C=O) groups is 1. The summed E-state index contributed by atoms with van der Waals surface area (Å²) >= 11 is -0.965. The Bertz CT molecular complexity index is 1180. The highest BCUT2D eigenvalue weighted by molar-refractivity contribution is 7.92. The maximum atomic E-state index is 13.7. The van der Waals surface area contributed by atoms with Gasteiger partial charge in [0.1, 0.15) is 22.9 Å². The fourth-order valence-electron chi connectivity index (χ4n) is 6.48. The molecule has 2 aliphatic rings. The van der Waals surface area contributed by atoms with Gasteiger partial charge in [-0.15, -0.1) is 0 Å². The highest BCUT2D eigenvalue weighted by atomic mass is 32.2. The lowest BCUT2D eigenvalue weighted by molar-refractivity contribution is -0.129. The highest BCUT2D eigenvalue weighted by Gasteiger charge is 2.57. The van der Waals surface area contributed by atoms with E-state index in [1.807, 2.05) is 62.3 Å². The molecule has 1 amide bonds. The van der Waals surface area contributed by atoms with E-state index in [-0.39, 0.29) is 35.0 Å². The Balaban J connectivity index is 1.41. The number of hydrogen-bond donors (Lipinski definition) is 0. The minimum absolute atomic E-state index is 0.00990. The minimum Gasteiger partial charge on any atom is -0.616 e. The van der Waals surface area contributed by atoms with Crippen LogP contribution in [0.15, 0.2) is 84.9 Å². The van der Waals surface area contributed by atoms with Gasteiger partial charge in [-0.3, -0.25) is 4.79 Å². The number of hydrogen-bond acceptors (Lipinski definition) is 4. The molecule has 2 aliphatic heterocycles. The van der Waals surface area contributed by atoms with Crippen molar-refractivity contribution >= 4 is 17.1 Å². The number of para-hydroxylation sites is 1. The van der Waals surface area contributed by atoms with Crippen LogP contribution >= 0.6 is 0 Å². The number of benzene rings is 3. The molecule has 3 aromatic rings. The normalized spacial score (nSPS) is 23.2. The average Bonchev–Trinajstić information content (AvgIpc) is 3.38. The molecule has 0 spiro atoms. The Morgan fingerprint density at radius 2 is 1.61 bits per heavy atom. The first-order valence-corrected chi connectivity index (χ1v) is 14.9. The van der Waals surface area contributed by atoms with Gasteiger partial charge in [-0.05, 0) is 49.4 Å². The second-order valence-corrected chi connectivity index (χ2v) is 12.7. The van der Waals surface area contributed by atoms with E-state index < -0.39 is 11.2 Å². The Hall–Kier alpha value is -2.80. The zero-order valence-corrected chi connectivity index (χ0v) is 23.4. The van der Waals surface area contributed by atoms with Crippen molar-refractivity contribution in [3.05, 3.63) is 102 Å². The van der Waals surface area contributed by atoms with Gasteiger partial charge in [0, 0.05) is 36.4 Å². The van der Waals surface area contributed by atoms with E-state index in [9.17, 15) is 9.35 Å². The molecule has 3 aromatic carbocycles. The summed E-state index contributed by atoms with van der Waals surface area (Å²) in [5, 5.41) is -0.0419. The van der Waals surface area contributed by atoms with Crippen LogP contribution in [0.4, 0.5) is 0 Å². The van der Waals surface area contributed by atoms with Crippen LogP contribution in [0.3, 0.4) is 0 Å². The first-order valence-electron chi connectivity index (χ1n) is 13.5. The summed E-state index contributed by atoms with van der Waals surface area (Å²) in [6, 6.07) is 29.1. The molecular weight excluding hydrogens is 492 g/mol. The lowest BCUT2D eigenvalue weighted by atomic mass is 9.63. The largest absolute Gasteiger partial charge is 0.616 e. The van der Waals surface area contributed by atoms with Gasteiger partial charge in [0.25, 0.3) is 0 Å². The molecular formula is C32H38N2O3S. The molecule has 0 radical (unpaired) electrons.